The van der Waals surface area contributed by atoms with Crippen LogP contribution >= 0.6 is 11.6 Å². The molecule has 2 aromatic rings. The minimum Gasteiger partial charge on any atom is -0.493 e. The first kappa shape index (κ1) is 17.6. The molecule has 2 rings (SSSR count). The van der Waals surface area contributed by atoms with Gasteiger partial charge in [-0.05, 0) is 43.3 Å². The fourth-order valence-corrected chi connectivity index (χ4v) is 2.23. The van der Waals surface area contributed by atoms with Crippen LogP contribution in [0.25, 0.3) is 0 Å². The summed E-state index contributed by atoms with van der Waals surface area (Å²) in [5.74, 6) is 0.138. The zero-order valence-corrected chi connectivity index (χ0v) is 14.2. The first-order valence-corrected chi connectivity index (χ1v) is 7.39. The van der Waals surface area contributed by atoms with Crippen molar-refractivity contribution < 1.29 is 19.4 Å². The quantitative estimate of drug-likeness (QED) is 0.611. The highest BCUT2D eigenvalue weighted by atomic mass is 35.5. The second-order valence-electron chi connectivity index (χ2n) is 4.88. The Morgan fingerprint density at radius 1 is 1.12 bits per heavy atom. The van der Waals surface area contributed by atoms with Gasteiger partial charge >= 0.3 is 5.97 Å². The number of benzene rings is 2. The van der Waals surface area contributed by atoms with Crippen molar-refractivity contribution in [2.45, 2.75) is 6.92 Å². The Kier molecular flexibility index (Phi) is 5.65. The summed E-state index contributed by atoms with van der Waals surface area (Å²) in [5, 5.41) is 13.5. The molecule has 0 atom stereocenters. The number of hydrazone groups is 1. The predicted molar refractivity (Wildman–Crippen MR) is 93.8 cm³/mol. The zero-order valence-electron chi connectivity index (χ0n) is 13.5. The molecule has 0 saturated carbocycles. The SMILES string of the molecule is COc1ccc(/C(C)=N/Nc2ccc(Cl)c(C(=O)O)c2)cc1OC. The lowest BCUT2D eigenvalue weighted by molar-refractivity contribution is 0.0697. The highest BCUT2D eigenvalue weighted by Crippen LogP contribution is 2.28. The Morgan fingerprint density at radius 3 is 2.46 bits per heavy atom. The smallest absolute Gasteiger partial charge is 0.337 e. The van der Waals surface area contributed by atoms with Gasteiger partial charge in [-0.25, -0.2) is 4.79 Å². The third-order valence-electron chi connectivity index (χ3n) is 3.35. The summed E-state index contributed by atoms with van der Waals surface area (Å²) < 4.78 is 10.5. The predicted octanol–water partition coefficient (Wildman–Crippen LogP) is 3.89. The number of carboxylic acid groups (broad SMARTS) is 1. The molecule has 0 amide bonds. The molecule has 0 saturated heterocycles. The van der Waals surface area contributed by atoms with Crippen LogP contribution in [0.15, 0.2) is 41.5 Å². The van der Waals surface area contributed by atoms with E-state index in [0.29, 0.717) is 22.9 Å². The number of carboxylic acids is 1. The van der Waals surface area contributed by atoms with Gasteiger partial charge in [-0.1, -0.05) is 11.6 Å². The third-order valence-corrected chi connectivity index (χ3v) is 3.68. The second kappa shape index (κ2) is 7.70. The molecule has 0 bridgehead atoms. The van der Waals surface area contributed by atoms with E-state index in [1.807, 2.05) is 19.1 Å². The number of methoxy groups -OCH3 is 2. The zero-order chi connectivity index (χ0) is 17.7. The maximum absolute atomic E-state index is 11.1. The molecule has 0 aromatic heterocycles. The van der Waals surface area contributed by atoms with E-state index in [9.17, 15) is 4.79 Å². The van der Waals surface area contributed by atoms with E-state index in [4.69, 9.17) is 26.2 Å². The second-order valence-corrected chi connectivity index (χ2v) is 5.29. The lowest BCUT2D eigenvalue weighted by atomic mass is 10.1. The van der Waals surface area contributed by atoms with E-state index in [2.05, 4.69) is 10.5 Å². The Bertz CT molecular complexity index is 790. The fourth-order valence-electron chi connectivity index (χ4n) is 2.03. The van der Waals surface area contributed by atoms with Gasteiger partial charge in [0.05, 0.1) is 36.2 Å². The van der Waals surface area contributed by atoms with Gasteiger partial charge in [0.25, 0.3) is 0 Å². The van der Waals surface area contributed by atoms with Gasteiger partial charge < -0.3 is 14.6 Å². The van der Waals surface area contributed by atoms with Gasteiger partial charge in [0.2, 0.25) is 0 Å². The molecule has 0 aliphatic heterocycles. The molecule has 7 heteroatoms. The Morgan fingerprint density at radius 2 is 1.83 bits per heavy atom. The van der Waals surface area contributed by atoms with Crippen LogP contribution in [0.3, 0.4) is 0 Å². The Balaban J connectivity index is 2.23. The first-order valence-electron chi connectivity index (χ1n) is 7.01. The molecular weight excluding hydrogens is 332 g/mol. The van der Waals surface area contributed by atoms with Crippen molar-refractivity contribution in [3.63, 3.8) is 0 Å². The van der Waals surface area contributed by atoms with Crippen LogP contribution in [0.1, 0.15) is 22.8 Å². The number of carbonyl (C=O) groups is 1. The molecule has 0 aliphatic carbocycles. The van der Waals surface area contributed by atoms with E-state index < -0.39 is 5.97 Å². The van der Waals surface area contributed by atoms with E-state index in [1.165, 1.54) is 12.1 Å². The van der Waals surface area contributed by atoms with E-state index in [-0.39, 0.29) is 10.6 Å². The molecule has 0 spiro atoms. The highest BCUT2D eigenvalue weighted by molar-refractivity contribution is 6.33. The molecule has 126 valence electrons. The van der Waals surface area contributed by atoms with Crippen molar-refractivity contribution in [3.05, 3.63) is 52.5 Å². The van der Waals surface area contributed by atoms with Gasteiger partial charge in [-0.15, -0.1) is 0 Å². The van der Waals surface area contributed by atoms with Crippen LogP contribution in [0.5, 0.6) is 11.5 Å². The maximum Gasteiger partial charge on any atom is 0.337 e. The van der Waals surface area contributed by atoms with Gasteiger partial charge in [-0.2, -0.15) is 5.10 Å². The van der Waals surface area contributed by atoms with E-state index in [1.54, 1.807) is 26.4 Å². The molecule has 0 heterocycles. The van der Waals surface area contributed by atoms with Crippen molar-refractivity contribution in [2.24, 2.45) is 5.10 Å². The largest absolute Gasteiger partial charge is 0.493 e. The summed E-state index contributed by atoms with van der Waals surface area (Å²) in [4.78, 5) is 11.1. The summed E-state index contributed by atoms with van der Waals surface area (Å²) in [6.07, 6.45) is 0. The standard InChI is InChI=1S/C17H17ClN2O4/c1-10(11-4-7-15(23-2)16(8-11)24-3)19-20-12-5-6-14(18)13(9-12)17(21)22/h4-9,20H,1-3H3,(H,21,22)/b19-10+. The molecule has 2 aromatic carbocycles. The molecule has 24 heavy (non-hydrogen) atoms. The molecule has 0 aliphatic rings. The Hall–Kier alpha value is -2.73. The molecule has 0 fully saturated rings. The van der Waals surface area contributed by atoms with Crippen molar-refractivity contribution in [1.82, 2.24) is 0 Å². The van der Waals surface area contributed by atoms with E-state index >= 15 is 0 Å². The van der Waals surface area contributed by atoms with Crippen LogP contribution in [0, 0.1) is 0 Å². The highest BCUT2D eigenvalue weighted by Gasteiger charge is 2.10. The molecule has 0 unspecified atom stereocenters. The number of hydrogen-bond acceptors (Lipinski definition) is 5. The number of aromatic carboxylic acids is 1. The van der Waals surface area contributed by atoms with Crippen molar-refractivity contribution in [1.29, 1.82) is 0 Å². The molecule has 6 nitrogen and oxygen atoms in total. The van der Waals surface area contributed by atoms with Crippen LogP contribution in [0.4, 0.5) is 5.69 Å². The van der Waals surface area contributed by atoms with Crippen LogP contribution in [0.2, 0.25) is 5.02 Å². The molecule has 2 N–H and O–H groups in total. The average Bonchev–Trinajstić information content (AvgIpc) is 2.59. The fraction of sp³-hybridized carbons (Fsp3) is 0.176. The number of halogens is 1. The van der Waals surface area contributed by atoms with Gasteiger partial charge in [-0.3, -0.25) is 5.43 Å². The maximum atomic E-state index is 11.1. The van der Waals surface area contributed by atoms with Crippen molar-refractivity contribution in [3.8, 4) is 11.5 Å². The van der Waals surface area contributed by atoms with E-state index in [0.717, 1.165) is 5.56 Å². The van der Waals surface area contributed by atoms with Gasteiger partial charge in [0.1, 0.15) is 0 Å². The Labute approximate surface area is 144 Å². The average molecular weight is 349 g/mol. The summed E-state index contributed by atoms with van der Waals surface area (Å²) in [7, 11) is 3.13. The molecular formula is C17H17ClN2O4. The normalized spacial score (nSPS) is 11.1. The summed E-state index contributed by atoms with van der Waals surface area (Å²) >= 11 is 5.84. The summed E-state index contributed by atoms with van der Waals surface area (Å²) in [6, 6.07) is 10.0. The lowest BCUT2D eigenvalue weighted by Gasteiger charge is -2.10. The third kappa shape index (κ3) is 3.97. The number of nitrogens with zero attached hydrogens (tertiary/aromatic N) is 1. The van der Waals surface area contributed by atoms with Gasteiger partial charge in [0.15, 0.2) is 11.5 Å². The van der Waals surface area contributed by atoms with Crippen molar-refractivity contribution in [2.75, 3.05) is 19.6 Å². The first-order chi connectivity index (χ1) is 11.5. The van der Waals surface area contributed by atoms with Crippen LogP contribution in [-0.4, -0.2) is 31.0 Å². The number of nitrogens with one attached hydrogen (secondary N) is 1. The number of hydrogen-bond donors (Lipinski definition) is 2. The van der Waals surface area contributed by atoms with Gasteiger partial charge in [0, 0.05) is 5.56 Å². The number of anilines is 1. The van der Waals surface area contributed by atoms with Crippen LogP contribution < -0.4 is 14.9 Å². The molecule has 0 radical (unpaired) electrons. The summed E-state index contributed by atoms with van der Waals surface area (Å²) in [5.41, 5.74) is 4.90. The number of rotatable bonds is 6. The van der Waals surface area contributed by atoms with Crippen LogP contribution in [-0.2, 0) is 0 Å². The minimum atomic E-state index is -1.09. The minimum absolute atomic E-state index is 0.0145. The topological polar surface area (TPSA) is 80.2 Å². The lowest BCUT2D eigenvalue weighted by Crippen LogP contribution is -2.02. The number of ether oxygens (including phenoxy) is 2. The monoisotopic (exact) mass is 348 g/mol. The summed E-state index contributed by atoms with van der Waals surface area (Å²) in [6.45, 7) is 1.82. The van der Waals surface area contributed by atoms with Crippen molar-refractivity contribution >= 4 is 29.0 Å².